The zero-order valence-corrected chi connectivity index (χ0v) is 10.8. The van der Waals surface area contributed by atoms with Crippen LogP contribution in [0.15, 0.2) is 24.3 Å². The SMILES string of the molecule is CCCCCCCN1C(=O)c2ccccc2C1=O. The van der Waals surface area contributed by atoms with Crippen LogP contribution in [0.5, 0.6) is 0 Å². The van der Waals surface area contributed by atoms with E-state index >= 15 is 0 Å². The Morgan fingerprint density at radius 3 is 2.00 bits per heavy atom. The molecule has 96 valence electrons. The summed E-state index contributed by atoms with van der Waals surface area (Å²) in [6.45, 7) is 2.72. The molecule has 0 unspecified atom stereocenters. The molecule has 0 spiro atoms. The molecule has 1 heterocycles. The van der Waals surface area contributed by atoms with Gasteiger partial charge in [0.25, 0.3) is 11.8 Å². The lowest BCUT2D eigenvalue weighted by Crippen LogP contribution is -2.30. The van der Waals surface area contributed by atoms with Crippen LogP contribution >= 0.6 is 0 Å². The van der Waals surface area contributed by atoms with Gasteiger partial charge in [-0.3, -0.25) is 14.5 Å². The number of imide groups is 1. The van der Waals surface area contributed by atoms with E-state index in [1.807, 2.05) is 0 Å². The average Bonchev–Trinajstić information content (AvgIpc) is 2.64. The van der Waals surface area contributed by atoms with Crippen LogP contribution in [0.1, 0.15) is 59.7 Å². The van der Waals surface area contributed by atoms with E-state index in [0.29, 0.717) is 17.7 Å². The second-order valence-corrected chi connectivity index (χ2v) is 4.72. The molecule has 1 aliphatic rings. The lowest BCUT2D eigenvalue weighted by atomic mass is 10.1. The van der Waals surface area contributed by atoms with Crippen LogP contribution < -0.4 is 0 Å². The highest BCUT2D eigenvalue weighted by molar-refractivity contribution is 6.21. The van der Waals surface area contributed by atoms with Crippen molar-refractivity contribution in [2.24, 2.45) is 0 Å². The first-order valence-electron chi connectivity index (χ1n) is 6.71. The van der Waals surface area contributed by atoms with Gasteiger partial charge in [0.1, 0.15) is 0 Å². The van der Waals surface area contributed by atoms with Gasteiger partial charge in [-0.05, 0) is 18.6 Å². The molecule has 1 aromatic carbocycles. The van der Waals surface area contributed by atoms with E-state index in [1.165, 1.54) is 24.2 Å². The number of hydrogen-bond donors (Lipinski definition) is 0. The second-order valence-electron chi connectivity index (χ2n) is 4.72. The third-order valence-corrected chi connectivity index (χ3v) is 3.36. The van der Waals surface area contributed by atoms with Crippen molar-refractivity contribution in [3.05, 3.63) is 35.4 Å². The number of amides is 2. The maximum absolute atomic E-state index is 12.0. The molecule has 0 saturated heterocycles. The molecule has 18 heavy (non-hydrogen) atoms. The molecule has 2 amide bonds. The quantitative estimate of drug-likeness (QED) is 0.570. The van der Waals surface area contributed by atoms with E-state index in [-0.39, 0.29) is 11.8 Å². The minimum Gasteiger partial charge on any atom is -0.274 e. The second kappa shape index (κ2) is 5.80. The summed E-state index contributed by atoms with van der Waals surface area (Å²) >= 11 is 0. The van der Waals surface area contributed by atoms with Crippen LogP contribution in [0.25, 0.3) is 0 Å². The average molecular weight is 245 g/mol. The fourth-order valence-corrected chi connectivity index (χ4v) is 2.32. The third kappa shape index (κ3) is 2.45. The summed E-state index contributed by atoms with van der Waals surface area (Å²) < 4.78 is 0. The number of fused-ring (bicyclic) bond motifs is 1. The normalized spacial score (nSPS) is 14.2. The van der Waals surface area contributed by atoms with Crippen molar-refractivity contribution in [3.8, 4) is 0 Å². The Kier molecular flexibility index (Phi) is 4.13. The Hall–Kier alpha value is -1.64. The lowest BCUT2D eigenvalue weighted by molar-refractivity contribution is 0.0651. The molecule has 0 bridgehead atoms. The molecule has 0 aromatic heterocycles. The van der Waals surface area contributed by atoms with Crippen LogP contribution in [0.4, 0.5) is 0 Å². The van der Waals surface area contributed by atoms with Gasteiger partial charge in [0.2, 0.25) is 0 Å². The standard InChI is InChI=1S/C15H19NO2/c1-2-3-4-5-8-11-16-14(17)12-9-6-7-10-13(12)15(16)18/h6-7,9-10H,2-5,8,11H2,1H3. The Labute approximate surface area is 108 Å². The van der Waals surface area contributed by atoms with E-state index < -0.39 is 0 Å². The first-order chi connectivity index (χ1) is 8.75. The molecule has 0 atom stereocenters. The smallest absolute Gasteiger partial charge is 0.261 e. The van der Waals surface area contributed by atoms with E-state index in [4.69, 9.17) is 0 Å². The first-order valence-corrected chi connectivity index (χ1v) is 6.71. The van der Waals surface area contributed by atoms with Crippen molar-refractivity contribution < 1.29 is 9.59 Å². The van der Waals surface area contributed by atoms with Crippen LogP contribution in [-0.2, 0) is 0 Å². The van der Waals surface area contributed by atoms with Crippen molar-refractivity contribution in [1.82, 2.24) is 4.90 Å². The fourth-order valence-electron chi connectivity index (χ4n) is 2.32. The summed E-state index contributed by atoms with van der Waals surface area (Å²) in [6.07, 6.45) is 5.60. The first kappa shape index (κ1) is 12.8. The monoisotopic (exact) mass is 245 g/mol. The topological polar surface area (TPSA) is 37.4 Å². The molecule has 2 rings (SSSR count). The number of nitrogens with zero attached hydrogens (tertiary/aromatic N) is 1. The van der Waals surface area contributed by atoms with E-state index in [2.05, 4.69) is 6.92 Å². The van der Waals surface area contributed by atoms with Gasteiger partial charge >= 0.3 is 0 Å². The summed E-state index contributed by atoms with van der Waals surface area (Å²) in [6, 6.07) is 7.06. The molecule has 1 aromatic rings. The van der Waals surface area contributed by atoms with Gasteiger partial charge < -0.3 is 0 Å². The number of benzene rings is 1. The van der Waals surface area contributed by atoms with Crippen molar-refractivity contribution in [3.63, 3.8) is 0 Å². The highest BCUT2D eigenvalue weighted by Crippen LogP contribution is 2.22. The highest BCUT2D eigenvalue weighted by atomic mass is 16.2. The Morgan fingerprint density at radius 2 is 1.44 bits per heavy atom. The van der Waals surface area contributed by atoms with Gasteiger partial charge in [-0.1, -0.05) is 44.7 Å². The van der Waals surface area contributed by atoms with Gasteiger partial charge in [-0.2, -0.15) is 0 Å². The maximum atomic E-state index is 12.0. The molecule has 0 saturated carbocycles. The fraction of sp³-hybridized carbons (Fsp3) is 0.467. The molecule has 0 aliphatic carbocycles. The van der Waals surface area contributed by atoms with Crippen LogP contribution in [0.2, 0.25) is 0 Å². The third-order valence-electron chi connectivity index (χ3n) is 3.36. The Bertz CT molecular complexity index is 419. The number of carbonyl (C=O) groups excluding carboxylic acids is 2. The molecular formula is C15H19NO2. The minimum absolute atomic E-state index is 0.133. The summed E-state index contributed by atoms with van der Waals surface area (Å²) in [5.41, 5.74) is 1.10. The summed E-state index contributed by atoms with van der Waals surface area (Å²) in [4.78, 5) is 25.4. The van der Waals surface area contributed by atoms with Crippen LogP contribution in [0.3, 0.4) is 0 Å². The lowest BCUT2D eigenvalue weighted by Gasteiger charge is -2.13. The molecule has 0 fully saturated rings. The summed E-state index contributed by atoms with van der Waals surface area (Å²) in [5.74, 6) is -0.266. The Balaban J connectivity index is 1.93. The molecule has 0 N–H and O–H groups in total. The molecular weight excluding hydrogens is 226 g/mol. The number of hydrogen-bond acceptors (Lipinski definition) is 2. The largest absolute Gasteiger partial charge is 0.274 e. The summed E-state index contributed by atoms with van der Waals surface area (Å²) in [5, 5.41) is 0. The van der Waals surface area contributed by atoms with Crippen molar-refractivity contribution in [2.45, 2.75) is 39.0 Å². The zero-order chi connectivity index (χ0) is 13.0. The van der Waals surface area contributed by atoms with Gasteiger partial charge in [-0.25, -0.2) is 0 Å². The molecule has 1 aliphatic heterocycles. The Morgan fingerprint density at radius 1 is 0.889 bits per heavy atom. The van der Waals surface area contributed by atoms with Gasteiger partial charge in [0, 0.05) is 6.54 Å². The van der Waals surface area contributed by atoms with Gasteiger partial charge in [0.15, 0.2) is 0 Å². The van der Waals surface area contributed by atoms with E-state index in [9.17, 15) is 9.59 Å². The van der Waals surface area contributed by atoms with Crippen molar-refractivity contribution in [2.75, 3.05) is 6.54 Å². The van der Waals surface area contributed by atoms with E-state index in [0.717, 1.165) is 12.8 Å². The van der Waals surface area contributed by atoms with Crippen LogP contribution in [0, 0.1) is 0 Å². The minimum atomic E-state index is -0.133. The molecule has 0 radical (unpaired) electrons. The predicted octanol–water partition coefficient (Wildman–Crippen LogP) is 3.25. The predicted molar refractivity (Wildman–Crippen MR) is 70.6 cm³/mol. The van der Waals surface area contributed by atoms with Gasteiger partial charge in [-0.15, -0.1) is 0 Å². The van der Waals surface area contributed by atoms with Gasteiger partial charge in [0.05, 0.1) is 11.1 Å². The van der Waals surface area contributed by atoms with Crippen LogP contribution in [-0.4, -0.2) is 23.3 Å². The van der Waals surface area contributed by atoms with E-state index in [1.54, 1.807) is 24.3 Å². The zero-order valence-electron chi connectivity index (χ0n) is 10.8. The number of unbranched alkanes of at least 4 members (excludes halogenated alkanes) is 4. The van der Waals surface area contributed by atoms with Crippen molar-refractivity contribution >= 4 is 11.8 Å². The number of carbonyl (C=O) groups is 2. The summed E-state index contributed by atoms with van der Waals surface area (Å²) in [7, 11) is 0. The molecule has 3 nitrogen and oxygen atoms in total. The highest BCUT2D eigenvalue weighted by Gasteiger charge is 2.34. The van der Waals surface area contributed by atoms with Crippen molar-refractivity contribution in [1.29, 1.82) is 0 Å². The number of rotatable bonds is 6. The maximum Gasteiger partial charge on any atom is 0.261 e. The molecule has 3 heteroatoms.